The third-order valence-corrected chi connectivity index (χ3v) is 6.42. The van der Waals surface area contributed by atoms with E-state index in [2.05, 4.69) is 4.98 Å². The maximum absolute atomic E-state index is 12.4. The highest BCUT2D eigenvalue weighted by molar-refractivity contribution is 8.00. The number of sulfone groups is 1. The molecule has 0 radical (unpaired) electrons. The van der Waals surface area contributed by atoms with Crippen LogP contribution in [0.25, 0.3) is 0 Å². The quantitative estimate of drug-likeness (QED) is 0.758. The van der Waals surface area contributed by atoms with Crippen molar-refractivity contribution in [2.45, 2.75) is 29.8 Å². The average molecular weight is 317 g/mol. The molecule has 2 rings (SSSR count). The number of imidazole rings is 1. The van der Waals surface area contributed by atoms with Crippen LogP contribution in [0.1, 0.15) is 13.3 Å². The fraction of sp³-hybridized carbons (Fsp3) is 0.667. The molecule has 1 fully saturated rings. The number of aryl methyl sites for hydroxylation is 1. The largest absolute Gasteiger partial charge is 0.341 e. The molecule has 1 amide bonds. The first-order valence-corrected chi connectivity index (χ1v) is 9.11. The lowest BCUT2D eigenvalue weighted by Crippen LogP contribution is -2.41. The van der Waals surface area contributed by atoms with Crippen LogP contribution < -0.4 is 0 Å². The first kappa shape index (κ1) is 15.4. The number of thioether (sulfide) groups is 1. The lowest BCUT2D eigenvalue weighted by atomic mass is 10.2. The van der Waals surface area contributed by atoms with E-state index in [0.29, 0.717) is 6.42 Å². The van der Waals surface area contributed by atoms with Crippen LogP contribution in [0.5, 0.6) is 0 Å². The van der Waals surface area contributed by atoms with Crippen molar-refractivity contribution in [3.05, 3.63) is 12.4 Å². The fourth-order valence-corrected chi connectivity index (χ4v) is 4.93. The number of amides is 1. The van der Waals surface area contributed by atoms with Crippen LogP contribution in [0.3, 0.4) is 0 Å². The molecule has 1 aliphatic heterocycles. The summed E-state index contributed by atoms with van der Waals surface area (Å²) in [6.07, 6.45) is 4.05. The van der Waals surface area contributed by atoms with Crippen molar-refractivity contribution in [2.75, 3.05) is 18.6 Å². The van der Waals surface area contributed by atoms with Gasteiger partial charge in [-0.1, -0.05) is 11.8 Å². The van der Waals surface area contributed by atoms with E-state index in [-0.39, 0.29) is 28.7 Å². The van der Waals surface area contributed by atoms with Crippen LogP contribution >= 0.6 is 11.8 Å². The number of carbonyl (C=O) groups is 1. The Kier molecular flexibility index (Phi) is 4.43. The number of hydrogen-bond acceptors (Lipinski definition) is 5. The standard InChI is InChI=1S/C12H19N3O3S2/c1-9(19-12-13-5-6-14(12)2)11(16)15(3)10-4-7-20(17,18)8-10/h5-6,9-10H,4,7-8H2,1-3H3/t9-,10+/m1/s1. The van der Waals surface area contributed by atoms with Crippen molar-refractivity contribution in [1.29, 1.82) is 0 Å². The molecule has 0 spiro atoms. The minimum atomic E-state index is -2.97. The molecule has 0 aromatic carbocycles. The summed E-state index contributed by atoms with van der Waals surface area (Å²) >= 11 is 1.38. The van der Waals surface area contributed by atoms with E-state index in [0.717, 1.165) is 5.16 Å². The van der Waals surface area contributed by atoms with Gasteiger partial charge in [0.15, 0.2) is 15.0 Å². The Morgan fingerprint density at radius 1 is 1.60 bits per heavy atom. The van der Waals surface area contributed by atoms with Crippen molar-refractivity contribution < 1.29 is 13.2 Å². The van der Waals surface area contributed by atoms with Gasteiger partial charge < -0.3 is 9.47 Å². The van der Waals surface area contributed by atoms with Crippen LogP contribution in [0, 0.1) is 0 Å². The first-order valence-electron chi connectivity index (χ1n) is 6.41. The van der Waals surface area contributed by atoms with E-state index in [1.54, 1.807) is 18.1 Å². The van der Waals surface area contributed by atoms with Gasteiger partial charge >= 0.3 is 0 Å². The topological polar surface area (TPSA) is 72.3 Å². The van der Waals surface area contributed by atoms with Gasteiger partial charge in [0.2, 0.25) is 5.91 Å². The summed E-state index contributed by atoms with van der Waals surface area (Å²) in [4.78, 5) is 18.1. The van der Waals surface area contributed by atoms with E-state index in [1.807, 2.05) is 24.7 Å². The van der Waals surface area contributed by atoms with Gasteiger partial charge in [-0.3, -0.25) is 4.79 Å². The Bertz CT molecular complexity index is 597. The maximum Gasteiger partial charge on any atom is 0.235 e. The molecular weight excluding hydrogens is 298 g/mol. The molecule has 2 heterocycles. The lowest BCUT2D eigenvalue weighted by molar-refractivity contribution is -0.130. The zero-order chi connectivity index (χ0) is 14.9. The summed E-state index contributed by atoms with van der Waals surface area (Å²) in [6, 6.07) is -0.197. The van der Waals surface area contributed by atoms with Crippen LogP contribution in [-0.4, -0.2) is 58.6 Å². The molecular formula is C12H19N3O3S2. The van der Waals surface area contributed by atoms with E-state index in [9.17, 15) is 13.2 Å². The molecule has 0 unspecified atom stereocenters. The summed E-state index contributed by atoms with van der Waals surface area (Å²) in [5.41, 5.74) is 0. The zero-order valence-electron chi connectivity index (χ0n) is 11.8. The van der Waals surface area contributed by atoms with Crippen LogP contribution in [0.2, 0.25) is 0 Å². The molecule has 1 aromatic rings. The van der Waals surface area contributed by atoms with E-state index >= 15 is 0 Å². The zero-order valence-corrected chi connectivity index (χ0v) is 13.4. The Morgan fingerprint density at radius 2 is 2.30 bits per heavy atom. The minimum absolute atomic E-state index is 0.0555. The molecule has 0 bridgehead atoms. The second-order valence-corrected chi connectivity index (χ2v) is 8.62. The number of carbonyl (C=O) groups excluding carboxylic acids is 1. The third-order valence-electron chi connectivity index (χ3n) is 3.51. The predicted octanol–water partition coefficient (Wildman–Crippen LogP) is 0.546. The molecule has 20 heavy (non-hydrogen) atoms. The Balaban J connectivity index is 1.98. The number of nitrogens with zero attached hydrogens (tertiary/aromatic N) is 3. The summed E-state index contributed by atoms with van der Waals surface area (Å²) in [5, 5.41) is 0.489. The van der Waals surface area contributed by atoms with E-state index in [4.69, 9.17) is 0 Å². The second kappa shape index (κ2) is 5.77. The highest BCUT2D eigenvalue weighted by Gasteiger charge is 2.34. The number of aromatic nitrogens is 2. The molecule has 6 nitrogen and oxygen atoms in total. The third kappa shape index (κ3) is 3.35. The smallest absolute Gasteiger partial charge is 0.235 e. The molecule has 0 N–H and O–H groups in total. The summed E-state index contributed by atoms with van der Waals surface area (Å²) in [5.74, 6) is 0.200. The van der Waals surface area contributed by atoms with Crippen molar-refractivity contribution in [3.8, 4) is 0 Å². The number of hydrogen-bond donors (Lipinski definition) is 0. The second-order valence-electron chi connectivity index (χ2n) is 5.09. The van der Waals surface area contributed by atoms with Gasteiger partial charge in [-0.25, -0.2) is 13.4 Å². The maximum atomic E-state index is 12.4. The monoisotopic (exact) mass is 317 g/mol. The van der Waals surface area contributed by atoms with Crippen molar-refractivity contribution in [3.63, 3.8) is 0 Å². The molecule has 1 saturated heterocycles. The van der Waals surface area contributed by atoms with E-state index < -0.39 is 9.84 Å². The summed E-state index contributed by atoms with van der Waals surface area (Å²) in [6.45, 7) is 1.82. The highest BCUT2D eigenvalue weighted by Crippen LogP contribution is 2.24. The van der Waals surface area contributed by atoms with Crippen molar-refractivity contribution >= 4 is 27.5 Å². The van der Waals surface area contributed by atoms with Crippen molar-refractivity contribution in [1.82, 2.24) is 14.5 Å². The van der Waals surface area contributed by atoms with Crippen LogP contribution in [0.4, 0.5) is 0 Å². The first-order chi connectivity index (χ1) is 9.30. The molecule has 8 heteroatoms. The normalized spacial score (nSPS) is 22.6. The summed E-state index contributed by atoms with van der Waals surface area (Å²) in [7, 11) is 0.585. The summed E-state index contributed by atoms with van der Waals surface area (Å²) < 4.78 is 24.8. The van der Waals surface area contributed by atoms with Gasteiger partial charge in [-0.15, -0.1) is 0 Å². The minimum Gasteiger partial charge on any atom is -0.341 e. The van der Waals surface area contributed by atoms with Gasteiger partial charge in [0.1, 0.15) is 0 Å². The lowest BCUT2D eigenvalue weighted by Gasteiger charge is -2.26. The molecule has 2 atom stereocenters. The number of rotatable bonds is 4. The molecule has 1 aromatic heterocycles. The van der Waals surface area contributed by atoms with Gasteiger partial charge in [0.05, 0.1) is 16.8 Å². The predicted molar refractivity (Wildman–Crippen MR) is 78.4 cm³/mol. The molecule has 0 saturated carbocycles. The Morgan fingerprint density at radius 3 is 2.80 bits per heavy atom. The molecule has 0 aliphatic carbocycles. The fourth-order valence-electron chi connectivity index (χ4n) is 2.22. The van der Waals surface area contributed by atoms with Crippen LogP contribution in [-0.2, 0) is 21.7 Å². The molecule has 1 aliphatic rings. The van der Waals surface area contributed by atoms with Gasteiger partial charge in [0, 0.05) is 32.5 Å². The molecule has 112 valence electrons. The van der Waals surface area contributed by atoms with Gasteiger partial charge in [0.25, 0.3) is 0 Å². The van der Waals surface area contributed by atoms with Gasteiger partial charge in [-0.05, 0) is 13.3 Å². The van der Waals surface area contributed by atoms with E-state index in [1.165, 1.54) is 11.8 Å². The highest BCUT2D eigenvalue weighted by atomic mass is 32.2. The van der Waals surface area contributed by atoms with Crippen LogP contribution in [0.15, 0.2) is 17.6 Å². The Labute approximate surface area is 123 Å². The Hall–Kier alpha value is -1.02. The SMILES string of the molecule is C[C@@H](Sc1nccn1C)C(=O)N(C)[C@H]1CCS(=O)(=O)C1. The average Bonchev–Trinajstić information content (AvgIpc) is 2.94. The van der Waals surface area contributed by atoms with Gasteiger partial charge in [-0.2, -0.15) is 0 Å². The van der Waals surface area contributed by atoms with Crippen molar-refractivity contribution in [2.24, 2.45) is 7.05 Å².